The number of aromatic nitrogens is 2. The van der Waals surface area contributed by atoms with Gasteiger partial charge in [-0.05, 0) is 12.1 Å². The molecule has 0 saturated carbocycles. The van der Waals surface area contributed by atoms with Crippen molar-refractivity contribution in [3.8, 4) is 0 Å². The van der Waals surface area contributed by atoms with Gasteiger partial charge in [0.05, 0.1) is 34.4 Å². The lowest BCUT2D eigenvalue weighted by Gasteiger charge is -2.12. The molecule has 7 heteroatoms. The average Bonchev–Trinajstić information content (AvgIpc) is 2.33. The van der Waals surface area contributed by atoms with Crippen LogP contribution in [0, 0.1) is 0 Å². The molecule has 0 unspecified atom stereocenters. The van der Waals surface area contributed by atoms with Crippen molar-refractivity contribution in [1.29, 1.82) is 0 Å². The molecule has 0 fully saturated rings. The zero-order valence-electron chi connectivity index (χ0n) is 9.22. The van der Waals surface area contributed by atoms with E-state index in [1.54, 1.807) is 12.4 Å². The molecule has 0 radical (unpaired) electrons. The summed E-state index contributed by atoms with van der Waals surface area (Å²) in [6, 6.07) is 2.99. The van der Waals surface area contributed by atoms with Gasteiger partial charge in [-0.2, -0.15) is 0 Å². The quantitative estimate of drug-likeness (QED) is 0.729. The molecule has 2 aromatic rings. The Bertz CT molecular complexity index is 587. The lowest BCUT2D eigenvalue weighted by Crippen LogP contribution is -2.14. The van der Waals surface area contributed by atoms with E-state index in [1.165, 1.54) is 18.5 Å². The normalized spacial score (nSPS) is 10.1. The van der Waals surface area contributed by atoms with E-state index in [-0.39, 0.29) is 5.56 Å². The molecule has 1 heterocycles. The minimum atomic E-state index is -0.622. The third kappa shape index (κ3) is 2.49. The van der Waals surface area contributed by atoms with Crippen molar-refractivity contribution in [2.45, 2.75) is 0 Å². The second kappa shape index (κ2) is 4.89. The number of benzene rings is 1. The third-order valence-electron chi connectivity index (χ3n) is 2.21. The molecule has 0 aliphatic heterocycles. The topological polar surface area (TPSA) is 107 Å². The molecule has 0 spiro atoms. The predicted octanol–water partition coefficient (Wildman–Crippen LogP) is 1.55. The SMILES string of the molecule is NC(=O)c1cc(N)cc(Cl)c1Nc1cncnc1. The lowest BCUT2D eigenvalue weighted by molar-refractivity contribution is 0.100. The Kier molecular flexibility index (Phi) is 3.29. The number of rotatable bonds is 3. The van der Waals surface area contributed by atoms with Gasteiger partial charge < -0.3 is 16.8 Å². The number of amides is 1. The summed E-state index contributed by atoms with van der Waals surface area (Å²) in [7, 11) is 0. The van der Waals surface area contributed by atoms with Crippen LogP contribution < -0.4 is 16.8 Å². The molecule has 0 saturated heterocycles. The van der Waals surface area contributed by atoms with Gasteiger partial charge in [-0.3, -0.25) is 4.79 Å². The molecule has 92 valence electrons. The first-order valence-corrected chi connectivity index (χ1v) is 5.36. The maximum absolute atomic E-state index is 11.4. The van der Waals surface area contributed by atoms with E-state index in [0.29, 0.717) is 22.1 Å². The monoisotopic (exact) mass is 263 g/mol. The van der Waals surface area contributed by atoms with Gasteiger partial charge in [0.25, 0.3) is 5.91 Å². The zero-order valence-corrected chi connectivity index (χ0v) is 9.98. The van der Waals surface area contributed by atoms with Crippen molar-refractivity contribution in [3.63, 3.8) is 0 Å². The van der Waals surface area contributed by atoms with Gasteiger partial charge in [0.2, 0.25) is 0 Å². The van der Waals surface area contributed by atoms with Gasteiger partial charge >= 0.3 is 0 Å². The first-order chi connectivity index (χ1) is 8.58. The molecule has 0 aliphatic carbocycles. The summed E-state index contributed by atoms with van der Waals surface area (Å²) >= 11 is 6.04. The minimum absolute atomic E-state index is 0.212. The highest BCUT2D eigenvalue weighted by Gasteiger charge is 2.13. The van der Waals surface area contributed by atoms with Crippen LogP contribution in [0.15, 0.2) is 30.9 Å². The van der Waals surface area contributed by atoms with Crippen LogP contribution in [0.5, 0.6) is 0 Å². The number of carbonyl (C=O) groups excluding carboxylic acids is 1. The highest BCUT2D eigenvalue weighted by Crippen LogP contribution is 2.31. The molecular formula is C11H10ClN5O. The van der Waals surface area contributed by atoms with Gasteiger partial charge in [0, 0.05) is 5.69 Å². The second-order valence-electron chi connectivity index (χ2n) is 3.54. The fourth-order valence-electron chi connectivity index (χ4n) is 1.46. The Balaban J connectivity index is 2.47. The highest BCUT2D eigenvalue weighted by molar-refractivity contribution is 6.34. The van der Waals surface area contributed by atoms with E-state index < -0.39 is 5.91 Å². The summed E-state index contributed by atoms with van der Waals surface area (Å²) < 4.78 is 0. The number of nitrogens with two attached hydrogens (primary N) is 2. The summed E-state index contributed by atoms with van der Waals surface area (Å²) in [6.45, 7) is 0. The average molecular weight is 264 g/mol. The van der Waals surface area contributed by atoms with E-state index in [1.807, 2.05) is 0 Å². The van der Waals surface area contributed by atoms with Gasteiger partial charge in [-0.25, -0.2) is 9.97 Å². The van der Waals surface area contributed by atoms with Crippen LogP contribution in [0.2, 0.25) is 5.02 Å². The number of primary amides is 1. The number of hydrogen-bond acceptors (Lipinski definition) is 5. The van der Waals surface area contributed by atoms with Crippen LogP contribution in [0.3, 0.4) is 0 Å². The Morgan fingerprint density at radius 1 is 1.28 bits per heavy atom. The van der Waals surface area contributed by atoms with E-state index in [4.69, 9.17) is 23.1 Å². The summed E-state index contributed by atoms with van der Waals surface area (Å²) in [5, 5.41) is 3.23. The highest BCUT2D eigenvalue weighted by atomic mass is 35.5. The first kappa shape index (κ1) is 12.1. The van der Waals surface area contributed by atoms with Crippen molar-refractivity contribution < 1.29 is 4.79 Å². The number of hydrogen-bond donors (Lipinski definition) is 3. The molecule has 6 nitrogen and oxygen atoms in total. The fraction of sp³-hybridized carbons (Fsp3) is 0. The van der Waals surface area contributed by atoms with Crippen molar-refractivity contribution in [2.24, 2.45) is 5.73 Å². The van der Waals surface area contributed by atoms with E-state index in [9.17, 15) is 4.79 Å². The minimum Gasteiger partial charge on any atom is -0.399 e. The Morgan fingerprint density at radius 3 is 2.56 bits per heavy atom. The number of carbonyl (C=O) groups is 1. The van der Waals surface area contributed by atoms with Gasteiger partial charge in [-0.1, -0.05) is 11.6 Å². The number of nitrogen functional groups attached to an aromatic ring is 1. The number of anilines is 3. The molecule has 1 amide bonds. The first-order valence-electron chi connectivity index (χ1n) is 4.99. The summed E-state index contributed by atoms with van der Waals surface area (Å²) in [4.78, 5) is 19.0. The van der Waals surface area contributed by atoms with Crippen molar-refractivity contribution >= 4 is 34.6 Å². The van der Waals surface area contributed by atoms with Crippen LogP contribution in [-0.4, -0.2) is 15.9 Å². The molecule has 1 aromatic heterocycles. The maximum Gasteiger partial charge on any atom is 0.250 e. The molecule has 5 N–H and O–H groups in total. The van der Waals surface area contributed by atoms with E-state index >= 15 is 0 Å². The Hall–Kier alpha value is -2.34. The van der Waals surface area contributed by atoms with Crippen molar-refractivity contribution in [1.82, 2.24) is 9.97 Å². The van der Waals surface area contributed by atoms with Crippen LogP contribution in [0.4, 0.5) is 17.1 Å². The van der Waals surface area contributed by atoms with Crippen molar-refractivity contribution in [2.75, 3.05) is 11.1 Å². The van der Waals surface area contributed by atoms with Gasteiger partial charge in [0.15, 0.2) is 0 Å². The smallest absolute Gasteiger partial charge is 0.250 e. The zero-order chi connectivity index (χ0) is 13.1. The summed E-state index contributed by atoms with van der Waals surface area (Å²) in [5.41, 5.74) is 12.4. The number of halogens is 1. The standard InChI is InChI=1S/C11H10ClN5O/c12-9-2-6(13)1-8(11(14)18)10(9)17-7-3-15-5-16-4-7/h1-5,17H,13H2,(H2,14,18). The van der Waals surface area contributed by atoms with Gasteiger partial charge in [0.1, 0.15) is 6.33 Å². The molecule has 0 aliphatic rings. The molecular weight excluding hydrogens is 254 g/mol. The van der Waals surface area contributed by atoms with Crippen LogP contribution in [0.1, 0.15) is 10.4 Å². The largest absolute Gasteiger partial charge is 0.399 e. The van der Waals surface area contributed by atoms with E-state index in [0.717, 1.165) is 0 Å². The molecule has 1 aromatic carbocycles. The fourth-order valence-corrected chi connectivity index (χ4v) is 1.73. The number of nitrogens with one attached hydrogen (secondary N) is 1. The molecule has 18 heavy (non-hydrogen) atoms. The van der Waals surface area contributed by atoms with Crippen LogP contribution >= 0.6 is 11.6 Å². The molecule has 2 rings (SSSR count). The Morgan fingerprint density at radius 2 is 1.94 bits per heavy atom. The Labute approximate surface area is 108 Å². The maximum atomic E-state index is 11.4. The molecule has 0 bridgehead atoms. The third-order valence-corrected chi connectivity index (χ3v) is 2.51. The second-order valence-corrected chi connectivity index (χ2v) is 3.95. The summed E-state index contributed by atoms with van der Waals surface area (Å²) in [6.07, 6.45) is 4.49. The van der Waals surface area contributed by atoms with E-state index in [2.05, 4.69) is 15.3 Å². The predicted molar refractivity (Wildman–Crippen MR) is 69.7 cm³/mol. The van der Waals surface area contributed by atoms with Crippen LogP contribution in [0.25, 0.3) is 0 Å². The van der Waals surface area contributed by atoms with Gasteiger partial charge in [-0.15, -0.1) is 0 Å². The van der Waals surface area contributed by atoms with Crippen LogP contribution in [-0.2, 0) is 0 Å². The number of nitrogens with zero attached hydrogens (tertiary/aromatic N) is 2. The summed E-state index contributed by atoms with van der Waals surface area (Å²) in [5.74, 6) is -0.622. The lowest BCUT2D eigenvalue weighted by atomic mass is 10.1. The molecule has 0 atom stereocenters. The van der Waals surface area contributed by atoms with Crippen molar-refractivity contribution in [3.05, 3.63) is 41.4 Å².